The Balaban J connectivity index is 0.908. The highest BCUT2D eigenvalue weighted by atomic mass is 15.2. The van der Waals surface area contributed by atoms with Crippen LogP contribution in [-0.2, 0) is 0 Å². The van der Waals surface area contributed by atoms with E-state index in [1.54, 1.807) is 0 Å². The van der Waals surface area contributed by atoms with E-state index in [0.29, 0.717) is 0 Å². The van der Waals surface area contributed by atoms with E-state index in [-0.39, 0.29) is 6.04 Å². The lowest BCUT2D eigenvalue weighted by Crippen LogP contribution is -2.11. The van der Waals surface area contributed by atoms with Crippen molar-refractivity contribution in [2.24, 2.45) is 0 Å². The molecule has 0 radical (unpaired) electrons. The lowest BCUT2D eigenvalue weighted by molar-refractivity contribution is 0.648. The zero-order chi connectivity index (χ0) is 42.4. The number of anilines is 6. The van der Waals surface area contributed by atoms with Crippen LogP contribution in [0.25, 0.3) is 60.4 Å². The summed E-state index contributed by atoms with van der Waals surface area (Å²) in [7, 11) is 0. The summed E-state index contributed by atoms with van der Waals surface area (Å²) in [4.78, 5) is 4.63. The summed E-state index contributed by atoms with van der Waals surface area (Å²) in [6, 6.07) is 83.2. The van der Waals surface area contributed by atoms with Crippen LogP contribution in [0.4, 0.5) is 34.1 Å². The van der Waals surface area contributed by atoms with Gasteiger partial charge in [-0.2, -0.15) is 0 Å². The smallest absolute Gasteiger partial charge is 0.0973 e. The van der Waals surface area contributed by atoms with Crippen LogP contribution in [0, 0.1) is 12.1 Å². The van der Waals surface area contributed by atoms with E-state index in [9.17, 15) is 0 Å². The number of para-hydroxylation sites is 4. The van der Waals surface area contributed by atoms with Crippen LogP contribution in [0.1, 0.15) is 12.5 Å². The Bertz CT molecular complexity index is 3510. The topological polar surface area (TPSA) is 16.3 Å². The third kappa shape index (κ3) is 6.42. The highest BCUT2D eigenvalue weighted by Crippen LogP contribution is 2.43. The number of nitrogens with zero attached hydrogens (tertiary/aromatic N) is 4. The number of hydrogen-bond acceptors (Lipinski definition) is 2. The molecule has 11 aromatic rings. The second kappa shape index (κ2) is 15.7. The Labute approximate surface area is 373 Å². The molecule has 2 heterocycles. The molecule has 0 aliphatic heterocycles. The Hall–Kier alpha value is -8.52. The molecule has 1 aliphatic rings. The van der Waals surface area contributed by atoms with Crippen molar-refractivity contribution in [2.45, 2.75) is 12.5 Å². The fourth-order valence-electron chi connectivity index (χ4n) is 9.73. The van der Waals surface area contributed by atoms with E-state index in [0.717, 1.165) is 62.9 Å². The van der Waals surface area contributed by atoms with Gasteiger partial charge in [-0.3, -0.25) is 0 Å². The van der Waals surface area contributed by atoms with Gasteiger partial charge < -0.3 is 18.9 Å². The van der Waals surface area contributed by atoms with Gasteiger partial charge in [0.05, 0.1) is 28.3 Å². The van der Waals surface area contributed by atoms with Crippen molar-refractivity contribution in [3.63, 3.8) is 0 Å². The molecule has 0 spiro atoms. The van der Waals surface area contributed by atoms with E-state index in [1.165, 1.54) is 38.1 Å². The molecule has 4 heteroatoms. The van der Waals surface area contributed by atoms with Crippen LogP contribution < -0.4 is 9.80 Å². The monoisotopic (exact) mass is 818 g/mol. The second-order valence-corrected chi connectivity index (χ2v) is 16.4. The predicted octanol–water partition coefficient (Wildman–Crippen LogP) is 16.2. The van der Waals surface area contributed by atoms with E-state index in [1.807, 2.05) is 12.1 Å². The van der Waals surface area contributed by atoms with E-state index in [4.69, 9.17) is 0 Å². The van der Waals surface area contributed by atoms with Gasteiger partial charge in [-0.1, -0.05) is 146 Å². The minimum Gasteiger partial charge on any atom is -0.333 e. The molecule has 1 aliphatic carbocycles. The normalized spacial score (nSPS) is 13.5. The molecule has 1 atom stereocenters. The first-order valence-corrected chi connectivity index (χ1v) is 22.0. The third-order valence-corrected chi connectivity index (χ3v) is 12.6. The first-order chi connectivity index (χ1) is 31.8. The Kier molecular flexibility index (Phi) is 9.17. The number of benzene rings is 8. The van der Waals surface area contributed by atoms with Crippen molar-refractivity contribution in [3.8, 4) is 16.8 Å². The summed E-state index contributed by atoms with van der Waals surface area (Å²) >= 11 is 0. The van der Waals surface area contributed by atoms with Crippen LogP contribution in [0.3, 0.4) is 0 Å². The maximum atomic E-state index is 3.39. The van der Waals surface area contributed by atoms with Crippen LogP contribution >= 0.6 is 0 Å². The van der Waals surface area contributed by atoms with E-state index >= 15 is 0 Å². The SMILES string of the molecule is c1cccc(N(c2ccc(-c3ccc(N(c4ccccc4)c4ccc5c6ccccc6n(C6C=CC=CC6)c5c4)cc3)cc2)c2ccc3c4ccccc4n(-c4ccccc4)c3c2)c#1. The zero-order valence-corrected chi connectivity index (χ0v) is 35.1. The fraction of sp³-hybridized carbons (Fsp3) is 0.0333. The third-order valence-electron chi connectivity index (χ3n) is 12.6. The minimum absolute atomic E-state index is 0.256. The molecule has 2 aromatic heterocycles. The Morgan fingerprint density at radius 1 is 0.422 bits per heavy atom. The molecule has 302 valence electrons. The van der Waals surface area contributed by atoms with Gasteiger partial charge in [-0.25, -0.2) is 0 Å². The standard InChI is InChI=1S/C60H42N4/c1-5-17-45(18-6-1)61(51-37-39-55-53-25-13-15-27-57(53)63(59(55)41-51)47-21-9-3-10-22-47)49-33-29-43(30-34-49)44-31-35-50(36-32-44)62(46-19-7-2-8-20-46)52-38-40-56-54-26-14-16-28-58(54)64(60(56)42-52)48-23-11-4-12-24-48/h1-7,9-19,21,23-42,47H,22H2. The molecule has 4 nitrogen and oxygen atoms in total. The average Bonchev–Trinajstić information content (AvgIpc) is 3.88. The van der Waals surface area contributed by atoms with Crippen molar-refractivity contribution in [2.75, 3.05) is 9.80 Å². The van der Waals surface area contributed by atoms with E-state index < -0.39 is 0 Å². The molecule has 9 aromatic carbocycles. The van der Waals surface area contributed by atoms with Crippen LogP contribution in [0.5, 0.6) is 0 Å². The predicted molar refractivity (Wildman–Crippen MR) is 268 cm³/mol. The highest BCUT2D eigenvalue weighted by Gasteiger charge is 2.21. The summed E-state index contributed by atoms with van der Waals surface area (Å²) < 4.78 is 4.88. The van der Waals surface area contributed by atoms with Crippen molar-refractivity contribution in [1.29, 1.82) is 0 Å². The molecule has 1 unspecified atom stereocenters. The highest BCUT2D eigenvalue weighted by molar-refractivity contribution is 6.11. The number of hydrogen-bond donors (Lipinski definition) is 0. The molecular weight excluding hydrogens is 777 g/mol. The summed E-state index contributed by atoms with van der Waals surface area (Å²) in [5, 5.41) is 5.00. The summed E-state index contributed by atoms with van der Waals surface area (Å²) in [6.45, 7) is 0. The van der Waals surface area contributed by atoms with Crippen LogP contribution in [-0.4, -0.2) is 9.13 Å². The Morgan fingerprint density at radius 3 is 1.64 bits per heavy atom. The summed E-state index contributed by atoms with van der Waals surface area (Å²) in [6.07, 6.45) is 9.88. The zero-order valence-electron chi connectivity index (χ0n) is 35.1. The van der Waals surface area contributed by atoms with Crippen molar-refractivity contribution in [3.05, 3.63) is 249 Å². The minimum atomic E-state index is 0.256. The molecular formula is C60H42N4. The summed E-state index contributed by atoms with van der Waals surface area (Å²) in [5.41, 5.74) is 14.6. The lowest BCUT2D eigenvalue weighted by atomic mass is 10.0. The van der Waals surface area contributed by atoms with Crippen LogP contribution in [0.15, 0.2) is 237 Å². The first-order valence-electron chi connectivity index (χ1n) is 22.0. The number of allylic oxidation sites excluding steroid dienone is 4. The van der Waals surface area contributed by atoms with Crippen LogP contribution in [0.2, 0.25) is 0 Å². The lowest BCUT2D eigenvalue weighted by Gasteiger charge is -2.26. The van der Waals surface area contributed by atoms with Gasteiger partial charge in [0.1, 0.15) is 0 Å². The fourth-order valence-corrected chi connectivity index (χ4v) is 9.73. The molecule has 0 bridgehead atoms. The number of aromatic nitrogens is 2. The maximum Gasteiger partial charge on any atom is 0.0973 e. The largest absolute Gasteiger partial charge is 0.333 e. The van der Waals surface area contributed by atoms with Gasteiger partial charge >= 0.3 is 0 Å². The van der Waals surface area contributed by atoms with Crippen molar-refractivity contribution >= 4 is 77.7 Å². The second-order valence-electron chi connectivity index (χ2n) is 16.4. The number of rotatable bonds is 9. The number of fused-ring (bicyclic) bond motifs is 6. The van der Waals surface area contributed by atoms with Gasteiger partial charge in [-0.15, -0.1) is 0 Å². The Morgan fingerprint density at radius 2 is 0.969 bits per heavy atom. The molecule has 64 heavy (non-hydrogen) atoms. The molecule has 0 saturated carbocycles. The van der Waals surface area contributed by atoms with Gasteiger partial charge in [0.25, 0.3) is 0 Å². The molecule has 0 amide bonds. The molecule has 0 saturated heterocycles. The van der Waals surface area contributed by atoms with Gasteiger partial charge in [0.15, 0.2) is 0 Å². The van der Waals surface area contributed by atoms with Crippen molar-refractivity contribution < 1.29 is 0 Å². The maximum absolute atomic E-state index is 3.39. The molecule has 0 N–H and O–H groups in total. The van der Waals surface area contributed by atoms with Gasteiger partial charge in [-0.05, 0) is 121 Å². The molecule has 12 rings (SSSR count). The van der Waals surface area contributed by atoms with E-state index in [2.05, 4.69) is 256 Å². The summed E-state index contributed by atoms with van der Waals surface area (Å²) in [5.74, 6) is 0. The van der Waals surface area contributed by atoms with Gasteiger partial charge in [0, 0.05) is 61.2 Å². The molecule has 0 fully saturated rings. The van der Waals surface area contributed by atoms with Gasteiger partial charge in [0.2, 0.25) is 0 Å². The average molecular weight is 819 g/mol. The quantitative estimate of drug-likeness (QED) is 0.144. The first kappa shape index (κ1) is 37.3. The van der Waals surface area contributed by atoms with Crippen molar-refractivity contribution in [1.82, 2.24) is 9.13 Å².